The molecule has 0 rings (SSSR count). The maximum absolute atomic E-state index is 3.99. The molecule has 0 spiro atoms. The Kier molecular flexibility index (Phi) is 33.5. The number of rotatable bonds is 3. The van der Waals surface area contributed by atoms with Crippen LogP contribution in [0.2, 0.25) is 0 Å². The fourth-order valence-corrected chi connectivity index (χ4v) is 0.760. The fourth-order valence-electron chi connectivity index (χ4n) is 0.760. The van der Waals surface area contributed by atoms with Crippen LogP contribution in [0, 0.1) is 17.3 Å². The van der Waals surface area contributed by atoms with E-state index < -0.39 is 0 Å². The summed E-state index contributed by atoms with van der Waals surface area (Å²) in [4.78, 5) is 0. The molecule has 118 valence electrons. The smallest absolute Gasteiger partial charge is 0.0263 e. The number of hydrogen-bond acceptors (Lipinski definition) is 0. The van der Waals surface area contributed by atoms with Crippen LogP contribution in [0.25, 0.3) is 0 Å². The van der Waals surface area contributed by atoms with Gasteiger partial charge >= 0.3 is 0 Å². The van der Waals surface area contributed by atoms with E-state index in [9.17, 15) is 0 Å². The summed E-state index contributed by atoms with van der Waals surface area (Å²) in [5.41, 5.74) is 1.88. The van der Waals surface area contributed by atoms with Crippen molar-refractivity contribution in [1.29, 1.82) is 0 Å². The first-order valence-electron chi connectivity index (χ1n) is 5.71. The summed E-state index contributed by atoms with van der Waals surface area (Å²) in [6.07, 6.45) is 1.18. The highest BCUT2D eigenvalue weighted by atomic mass is 14.1. The van der Waals surface area contributed by atoms with Gasteiger partial charge in [0.2, 0.25) is 0 Å². The molecule has 0 atom stereocenters. The average Bonchev–Trinajstić information content (AvgIpc) is 1.80. The normalized spacial score (nSPS) is 8.78. The van der Waals surface area contributed by atoms with Crippen molar-refractivity contribution in [2.75, 3.05) is 0 Å². The average molecular weight is 263 g/mol. The minimum atomic E-state index is 0. The zero-order valence-electron chi connectivity index (χ0n) is 11.6. The van der Waals surface area contributed by atoms with E-state index >= 15 is 0 Å². The molecule has 0 aromatic heterocycles. The molecular formula is C18H46. The third kappa shape index (κ3) is 57.1. The van der Waals surface area contributed by atoms with Gasteiger partial charge in [-0.05, 0) is 23.7 Å². The summed E-state index contributed by atoms with van der Waals surface area (Å²) in [6, 6.07) is 0. The van der Waals surface area contributed by atoms with Crippen LogP contribution >= 0.6 is 0 Å². The molecule has 0 amide bonds. The van der Waals surface area contributed by atoms with Crippen molar-refractivity contribution in [3.05, 3.63) is 12.2 Å². The van der Waals surface area contributed by atoms with Gasteiger partial charge in [-0.2, -0.15) is 0 Å². The first kappa shape index (κ1) is 36.1. The van der Waals surface area contributed by atoms with Crippen molar-refractivity contribution >= 4 is 0 Å². The molecule has 0 heterocycles. The first-order chi connectivity index (χ1) is 6.04. The summed E-state index contributed by atoms with van der Waals surface area (Å²) in [5.74, 6) is 1.42. The maximum Gasteiger partial charge on any atom is -0.0263 e. The van der Waals surface area contributed by atoms with Crippen molar-refractivity contribution in [3.8, 4) is 0 Å². The summed E-state index contributed by atoms with van der Waals surface area (Å²) in [6.45, 7) is 21.6. The first-order valence-corrected chi connectivity index (χ1v) is 5.71. The molecule has 0 aliphatic rings. The van der Waals surface area contributed by atoms with Gasteiger partial charge in [0.1, 0.15) is 0 Å². The maximum atomic E-state index is 3.99. The van der Waals surface area contributed by atoms with E-state index in [0.29, 0.717) is 11.3 Å². The Hall–Kier alpha value is -0.260. The Morgan fingerprint density at radius 3 is 1.11 bits per heavy atom. The molecule has 0 aromatic carbocycles. The van der Waals surface area contributed by atoms with Crippen LogP contribution in [-0.4, -0.2) is 0 Å². The monoisotopic (exact) mass is 262 g/mol. The Morgan fingerprint density at radius 2 is 1.06 bits per heavy atom. The molecule has 0 aliphatic carbocycles. The topological polar surface area (TPSA) is 0 Å². The van der Waals surface area contributed by atoms with Crippen LogP contribution in [-0.2, 0) is 0 Å². The molecular weight excluding hydrogens is 216 g/mol. The second-order valence-corrected chi connectivity index (χ2v) is 6.41. The molecule has 0 unspecified atom stereocenters. The van der Waals surface area contributed by atoms with Crippen LogP contribution in [0.5, 0.6) is 0 Å². The van der Waals surface area contributed by atoms with E-state index in [-0.39, 0.29) is 29.7 Å². The van der Waals surface area contributed by atoms with E-state index in [1.165, 1.54) is 12.0 Å². The van der Waals surface area contributed by atoms with Crippen molar-refractivity contribution in [2.45, 2.75) is 91.5 Å². The molecule has 0 aliphatic heterocycles. The zero-order valence-corrected chi connectivity index (χ0v) is 11.6. The molecule has 0 aromatic rings. The zero-order chi connectivity index (χ0) is 11.9. The van der Waals surface area contributed by atoms with E-state index in [0.717, 1.165) is 5.92 Å². The van der Waals surface area contributed by atoms with Crippen molar-refractivity contribution in [1.82, 2.24) is 0 Å². The van der Waals surface area contributed by atoms with Gasteiger partial charge in [0.25, 0.3) is 0 Å². The van der Waals surface area contributed by atoms with Gasteiger partial charge in [-0.3, -0.25) is 0 Å². The van der Waals surface area contributed by atoms with Gasteiger partial charge in [0, 0.05) is 0 Å². The highest BCUT2D eigenvalue weighted by molar-refractivity contribution is 4.97. The molecule has 0 radical (unpaired) electrons. The Bertz CT molecular complexity index is 138. The standard InChI is InChI=1S/C9H18.C5H12.4CH4/c1-7(2)6-9(5)8(3)4;1-5(2,3)4;;;;/h7-8H,5-6H2,1-4H3;1-4H3;4*1H4. The van der Waals surface area contributed by atoms with Crippen molar-refractivity contribution in [3.63, 3.8) is 0 Å². The Labute approximate surface area is 121 Å². The highest BCUT2D eigenvalue weighted by Crippen LogP contribution is 2.16. The molecule has 0 saturated carbocycles. The number of allylic oxidation sites excluding steroid dienone is 1. The molecule has 0 heteroatoms. The van der Waals surface area contributed by atoms with Gasteiger partial charge in [-0.25, -0.2) is 0 Å². The lowest BCUT2D eigenvalue weighted by Crippen LogP contribution is -1.96. The Balaban J connectivity index is -0.0000000359. The molecule has 0 nitrogen and oxygen atoms in total. The van der Waals surface area contributed by atoms with Gasteiger partial charge in [0.15, 0.2) is 0 Å². The predicted octanol–water partition coefficient (Wildman–Crippen LogP) is 7.84. The summed E-state index contributed by atoms with van der Waals surface area (Å²) >= 11 is 0. The van der Waals surface area contributed by atoms with Crippen molar-refractivity contribution < 1.29 is 0 Å². The molecule has 0 N–H and O–H groups in total. The predicted molar refractivity (Wildman–Crippen MR) is 95.5 cm³/mol. The lowest BCUT2D eigenvalue weighted by molar-refractivity contribution is 0.469. The summed E-state index contributed by atoms with van der Waals surface area (Å²) < 4.78 is 0. The van der Waals surface area contributed by atoms with E-state index in [1.807, 2.05) is 0 Å². The van der Waals surface area contributed by atoms with E-state index in [1.54, 1.807) is 0 Å². The molecule has 0 bridgehead atoms. The van der Waals surface area contributed by atoms with Gasteiger partial charge in [-0.1, -0.05) is 97.2 Å². The van der Waals surface area contributed by atoms with Crippen LogP contribution in [0.1, 0.15) is 91.5 Å². The lowest BCUT2D eigenvalue weighted by Gasteiger charge is -2.10. The van der Waals surface area contributed by atoms with Crippen LogP contribution in [0.15, 0.2) is 12.2 Å². The van der Waals surface area contributed by atoms with E-state index in [2.05, 4.69) is 62.0 Å². The SMILES string of the molecule is C.C.C.C.C=C(CC(C)C)C(C)C.CC(C)(C)C. The molecule has 0 saturated heterocycles. The largest absolute Gasteiger partial charge is 0.0996 e. The lowest BCUT2D eigenvalue weighted by atomic mass is 9.96. The third-order valence-electron chi connectivity index (χ3n) is 1.49. The Morgan fingerprint density at radius 1 is 0.833 bits per heavy atom. The quantitative estimate of drug-likeness (QED) is 0.454. The second kappa shape index (κ2) is 16.7. The van der Waals surface area contributed by atoms with Crippen LogP contribution < -0.4 is 0 Å². The van der Waals surface area contributed by atoms with Crippen LogP contribution in [0.4, 0.5) is 0 Å². The number of hydrogen-bond donors (Lipinski definition) is 0. The van der Waals surface area contributed by atoms with Crippen molar-refractivity contribution in [2.24, 2.45) is 17.3 Å². The minimum Gasteiger partial charge on any atom is -0.0996 e. The molecule has 18 heavy (non-hydrogen) atoms. The third-order valence-corrected chi connectivity index (χ3v) is 1.49. The fraction of sp³-hybridized carbons (Fsp3) is 0.889. The van der Waals surface area contributed by atoms with Gasteiger partial charge in [-0.15, -0.1) is 0 Å². The molecule has 0 fully saturated rings. The second-order valence-electron chi connectivity index (χ2n) is 6.41. The summed E-state index contributed by atoms with van der Waals surface area (Å²) in [5, 5.41) is 0. The minimum absolute atomic E-state index is 0. The summed E-state index contributed by atoms with van der Waals surface area (Å²) in [7, 11) is 0. The highest BCUT2D eigenvalue weighted by Gasteiger charge is 2.01. The van der Waals surface area contributed by atoms with Gasteiger partial charge < -0.3 is 0 Å². The van der Waals surface area contributed by atoms with Crippen LogP contribution in [0.3, 0.4) is 0 Å². The van der Waals surface area contributed by atoms with Gasteiger partial charge in [0.05, 0.1) is 0 Å². The van der Waals surface area contributed by atoms with E-state index in [4.69, 9.17) is 0 Å².